The predicted octanol–water partition coefficient (Wildman–Crippen LogP) is 2.98. The number of hydrogen-bond acceptors (Lipinski definition) is 4. The fourth-order valence-corrected chi connectivity index (χ4v) is 4.93. The molecular formula is C22H28N2O4S. The Hall–Kier alpha value is -2.38. The Labute approximate surface area is 172 Å². The van der Waals surface area contributed by atoms with Gasteiger partial charge in [0.2, 0.25) is 15.9 Å². The summed E-state index contributed by atoms with van der Waals surface area (Å²) in [6, 6.07) is 16.1. The first-order chi connectivity index (χ1) is 13.9. The van der Waals surface area contributed by atoms with Crippen LogP contribution < -0.4 is 10.1 Å². The molecule has 7 heteroatoms. The molecule has 2 aromatic rings. The molecule has 1 atom stereocenters. The first-order valence-electron chi connectivity index (χ1n) is 9.92. The molecule has 0 bridgehead atoms. The topological polar surface area (TPSA) is 75.7 Å². The molecule has 0 aromatic heterocycles. The molecule has 1 heterocycles. The van der Waals surface area contributed by atoms with Gasteiger partial charge in [0.05, 0.1) is 10.9 Å². The van der Waals surface area contributed by atoms with Crippen molar-refractivity contribution in [1.82, 2.24) is 9.62 Å². The highest BCUT2D eigenvalue weighted by molar-refractivity contribution is 7.89. The van der Waals surface area contributed by atoms with Crippen molar-refractivity contribution in [3.05, 3.63) is 60.2 Å². The van der Waals surface area contributed by atoms with Crippen LogP contribution >= 0.6 is 0 Å². The van der Waals surface area contributed by atoms with Gasteiger partial charge in [-0.3, -0.25) is 4.79 Å². The first-order valence-corrected chi connectivity index (χ1v) is 11.4. The van der Waals surface area contributed by atoms with Crippen LogP contribution in [0.4, 0.5) is 0 Å². The maximum Gasteiger partial charge on any atom is 0.243 e. The van der Waals surface area contributed by atoms with Crippen molar-refractivity contribution < 1.29 is 17.9 Å². The number of carbonyl (C=O) groups excluding carboxylic acids is 1. The van der Waals surface area contributed by atoms with Crippen LogP contribution in [0.2, 0.25) is 0 Å². The minimum absolute atomic E-state index is 0.0392. The highest BCUT2D eigenvalue weighted by atomic mass is 32.2. The molecule has 1 amide bonds. The van der Waals surface area contributed by atoms with E-state index in [1.807, 2.05) is 38.1 Å². The van der Waals surface area contributed by atoms with Crippen LogP contribution in [0, 0.1) is 12.8 Å². The summed E-state index contributed by atoms with van der Waals surface area (Å²) in [5, 5.41) is 2.99. The summed E-state index contributed by atoms with van der Waals surface area (Å²) in [4.78, 5) is 12.9. The van der Waals surface area contributed by atoms with Crippen LogP contribution in [-0.2, 0) is 14.8 Å². The second kappa shape index (κ2) is 9.41. The van der Waals surface area contributed by atoms with Crippen molar-refractivity contribution in [3.8, 4) is 5.75 Å². The van der Waals surface area contributed by atoms with Crippen molar-refractivity contribution in [2.75, 3.05) is 19.7 Å². The van der Waals surface area contributed by atoms with Gasteiger partial charge in [0.15, 0.2) is 0 Å². The molecule has 1 aliphatic heterocycles. The monoisotopic (exact) mass is 416 g/mol. The van der Waals surface area contributed by atoms with Crippen molar-refractivity contribution >= 4 is 15.9 Å². The van der Waals surface area contributed by atoms with E-state index in [0.717, 1.165) is 11.3 Å². The summed E-state index contributed by atoms with van der Waals surface area (Å²) in [5.74, 6) is 0.591. The van der Waals surface area contributed by atoms with E-state index in [1.165, 1.54) is 4.31 Å². The number of nitrogens with one attached hydrogen (secondary N) is 1. The number of amides is 1. The Bertz CT molecular complexity index is 923. The van der Waals surface area contributed by atoms with Gasteiger partial charge in [-0.15, -0.1) is 0 Å². The van der Waals surface area contributed by atoms with E-state index in [2.05, 4.69) is 5.32 Å². The van der Waals surface area contributed by atoms with E-state index in [0.29, 0.717) is 37.4 Å². The third kappa shape index (κ3) is 5.36. The Morgan fingerprint density at radius 1 is 1.10 bits per heavy atom. The molecule has 0 aliphatic carbocycles. The van der Waals surface area contributed by atoms with Crippen LogP contribution in [0.15, 0.2) is 59.5 Å². The van der Waals surface area contributed by atoms with Crippen molar-refractivity contribution in [2.24, 2.45) is 5.92 Å². The molecule has 29 heavy (non-hydrogen) atoms. The SMILES string of the molecule is Cc1ccccc1OCC(C)NC(=O)C1CCN(S(=O)(=O)c2ccccc2)CC1. The number of sulfonamides is 1. The highest BCUT2D eigenvalue weighted by Gasteiger charge is 2.32. The average molecular weight is 417 g/mol. The van der Waals surface area contributed by atoms with E-state index in [-0.39, 0.29) is 17.9 Å². The second-order valence-corrected chi connectivity index (χ2v) is 9.42. The minimum atomic E-state index is -3.50. The zero-order chi connectivity index (χ0) is 20.9. The number of hydrogen-bond donors (Lipinski definition) is 1. The van der Waals surface area contributed by atoms with Crippen LogP contribution in [0.5, 0.6) is 5.75 Å². The molecule has 1 saturated heterocycles. The minimum Gasteiger partial charge on any atom is -0.491 e. The van der Waals surface area contributed by atoms with Crippen molar-refractivity contribution in [2.45, 2.75) is 37.6 Å². The van der Waals surface area contributed by atoms with Crippen molar-refractivity contribution in [3.63, 3.8) is 0 Å². The second-order valence-electron chi connectivity index (χ2n) is 7.48. The van der Waals surface area contributed by atoms with Gasteiger partial charge >= 0.3 is 0 Å². The highest BCUT2D eigenvalue weighted by Crippen LogP contribution is 2.24. The van der Waals surface area contributed by atoms with E-state index in [9.17, 15) is 13.2 Å². The summed E-state index contributed by atoms with van der Waals surface area (Å²) in [7, 11) is -3.50. The summed E-state index contributed by atoms with van der Waals surface area (Å²) >= 11 is 0. The molecule has 6 nitrogen and oxygen atoms in total. The molecule has 3 rings (SSSR count). The van der Waals surface area contributed by atoms with E-state index in [1.54, 1.807) is 30.3 Å². The van der Waals surface area contributed by atoms with Crippen LogP contribution in [0.25, 0.3) is 0 Å². The van der Waals surface area contributed by atoms with E-state index in [4.69, 9.17) is 4.74 Å². The Kier molecular flexibility index (Phi) is 6.92. The molecule has 0 radical (unpaired) electrons. The third-order valence-corrected chi connectivity index (χ3v) is 7.09. The Morgan fingerprint density at radius 3 is 2.38 bits per heavy atom. The molecule has 1 aliphatic rings. The molecule has 0 spiro atoms. The number of para-hydroxylation sites is 1. The lowest BCUT2D eigenvalue weighted by molar-refractivity contribution is -0.126. The maximum absolute atomic E-state index is 12.7. The van der Waals surface area contributed by atoms with Gasteiger partial charge in [-0.25, -0.2) is 8.42 Å². The largest absolute Gasteiger partial charge is 0.491 e. The zero-order valence-corrected chi connectivity index (χ0v) is 17.7. The lowest BCUT2D eigenvalue weighted by atomic mass is 9.97. The van der Waals surface area contributed by atoms with Crippen molar-refractivity contribution in [1.29, 1.82) is 0 Å². The smallest absolute Gasteiger partial charge is 0.243 e. The number of aryl methyl sites for hydroxylation is 1. The molecule has 1 fully saturated rings. The Morgan fingerprint density at radius 2 is 1.72 bits per heavy atom. The summed E-state index contributed by atoms with van der Waals surface area (Å²) in [5.41, 5.74) is 1.05. The Balaban J connectivity index is 1.48. The fraction of sp³-hybridized carbons (Fsp3) is 0.409. The van der Waals surface area contributed by atoms with E-state index < -0.39 is 10.0 Å². The van der Waals surface area contributed by atoms with Crippen LogP contribution in [-0.4, -0.2) is 44.4 Å². The summed E-state index contributed by atoms with van der Waals surface area (Å²) in [6.07, 6.45) is 1.03. The fourth-order valence-electron chi connectivity index (χ4n) is 3.44. The number of piperidine rings is 1. The van der Waals surface area contributed by atoms with Crippen LogP contribution in [0.1, 0.15) is 25.3 Å². The first kappa shape index (κ1) is 21.3. The average Bonchev–Trinajstić information content (AvgIpc) is 2.74. The predicted molar refractivity (Wildman–Crippen MR) is 112 cm³/mol. The van der Waals surface area contributed by atoms with Crippen LogP contribution in [0.3, 0.4) is 0 Å². The van der Waals surface area contributed by atoms with Gasteiger partial charge in [0, 0.05) is 19.0 Å². The lowest BCUT2D eigenvalue weighted by Gasteiger charge is -2.31. The van der Waals surface area contributed by atoms with Gasteiger partial charge in [0.25, 0.3) is 0 Å². The molecule has 1 N–H and O–H groups in total. The lowest BCUT2D eigenvalue weighted by Crippen LogP contribution is -2.45. The maximum atomic E-state index is 12.7. The molecule has 1 unspecified atom stereocenters. The number of ether oxygens (including phenoxy) is 1. The standard InChI is InChI=1S/C22H28N2O4S/c1-17-8-6-7-11-21(17)28-16-18(2)23-22(25)19-12-14-24(15-13-19)29(26,27)20-9-4-3-5-10-20/h3-11,18-19H,12-16H2,1-2H3,(H,23,25). The van der Waals surface area contributed by atoms with E-state index >= 15 is 0 Å². The van der Waals surface area contributed by atoms with Gasteiger partial charge < -0.3 is 10.1 Å². The normalized spacial score (nSPS) is 16.9. The quantitative estimate of drug-likeness (QED) is 0.753. The van der Waals surface area contributed by atoms with Gasteiger partial charge in [-0.2, -0.15) is 4.31 Å². The molecule has 2 aromatic carbocycles. The number of nitrogens with zero attached hydrogens (tertiary/aromatic N) is 1. The summed E-state index contributed by atoms with van der Waals surface area (Å²) in [6.45, 7) is 4.98. The summed E-state index contributed by atoms with van der Waals surface area (Å²) < 4.78 is 32.7. The van der Waals surface area contributed by atoms with Gasteiger partial charge in [-0.05, 0) is 50.5 Å². The van der Waals surface area contributed by atoms with Gasteiger partial charge in [-0.1, -0.05) is 36.4 Å². The molecule has 0 saturated carbocycles. The number of carbonyl (C=O) groups is 1. The van der Waals surface area contributed by atoms with Gasteiger partial charge in [0.1, 0.15) is 12.4 Å². The molecular weight excluding hydrogens is 388 g/mol. The number of rotatable bonds is 7. The number of benzene rings is 2. The molecule has 156 valence electrons. The third-order valence-electron chi connectivity index (χ3n) is 5.18. The zero-order valence-electron chi connectivity index (χ0n) is 16.9.